The third kappa shape index (κ3) is 4.24. The Morgan fingerprint density at radius 3 is 2.84 bits per heavy atom. The maximum Gasteiger partial charge on any atom is 0.235 e. The van der Waals surface area contributed by atoms with Crippen LogP contribution in [0.2, 0.25) is 5.02 Å². The summed E-state index contributed by atoms with van der Waals surface area (Å²) in [5.41, 5.74) is 5.67. The van der Waals surface area contributed by atoms with Crippen molar-refractivity contribution in [2.24, 2.45) is 11.6 Å². The van der Waals surface area contributed by atoms with E-state index in [9.17, 15) is 9.18 Å². The zero-order valence-electron chi connectivity index (χ0n) is 17.2. The minimum atomic E-state index is -0.861. The Bertz CT molecular complexity index is 1020. The molecule has 2 heterocycles. The monoisotopic (exact) mass is 461 g/mol. The summed E-state index contributed by atoms with van der Waals surface area (Å²) in [5.74, 6) is 5.52. The minimum absolute atomic E-state index is 0.0448. The third-order valence-electron chi connectivity index (χ3n) is 5.90. The van der Waals surface area contributed by atoms with Crippen LogP contribution in [0.3, 0.4) is 0 Å². The van der Waals surface area contributed by atoms with Gasteiger partial charge in [-0.15, -0.1) is 11.8 Å². The molecule has 1 aliphatic carbocycles. The van der Waals surface area contributed by atoms with Crippen molar-refractivity contribution < 1.29 is 9.18 Å². The molecule has 2 unspecified atom stereocenters. The third-order valence-corrected chi connectivity index (χ3v) is 7.38. The van der Waals surface area contributed by atoms with Gasteiger partial charge in [0, 0.05) is 41.3 Å². The van der Waals surface area contributed by atoms with Crippen LogP contribution in [0, 0.1) is 5.82 Å². The molecule has 9 heteroatoms. The normalized spacial score (nSPS) is 22.1. The van der Waals surface area contributed by atoms with Gasteiger partial charge in [0.05, 0.1) is 21.8 Å². The molecular weight excluding hydrogens is 437 g/mol. The maximum absolute atomic E-state index is 14.5. The van der Waals surface area contributed by atoms with Crippen LogP contribution in [0.25, 0.3) is 0 Å². The van der Waals surface area contributed by atoms with E-state index < -0.39 is 11.2 Å². The number of para-hydroxylation sites is 1. The molecule has 1 saturated carbocycles. The van der Waals surface area contributed by atoms with E-state index in [1.165, 1.54) is 23.5 Å². The number of aromatic nitrogens is 1. The van der Waals surface area contributed by atoms with E-state index in [0.717, 1.165) is 17.0 Å². The smallest absolute Gasteiger partial charge is 0.235 e. The van der Waals surface area contributed by atoms with E-state index in [0.29, 0.717) is 19.4 Å². The molecule has 2 aliphatic rings. The fourth-order valence-electron chi connectivity index (χ4n) is 4.19. The SMILES string of the molecule is CC1CC(Sc2ccccc2N(N)/C=C\N)CN1C(=O)C1(c2ncc(Cl)cc2F)CC1. The molecule has 31 heavy (non-hydrogen) atoms. The lowest BCUT2D eigenvalue weighted by Gasteiger charge is -2.27. The molecule has 164 valence electrons. The highest BCUT2D eigenvalue weighted by molar-refractivity contribution is 8.00. The summed E-state index contributed by atoms with van der Waals surface area (Å²) in [6, 6.07) is 9.10. The van der Waals surface area contributed by atoms with E-state index in [1.54, 1.807) is 18.0 Å². The number of nitrogens with zero attached hydrogens (tertiary/aromatic N) is 3. The average Bonchev–Trinajstić information content (AvgIpc) is 3.45. The Morgan fingerprint density at radius 1 is 1.42 bits per heavy atom. The highest BCUT2D eigenvalue weighted by Gasteiger charge is 2.57. The van der Waals surface area contributed by atoms with Crippen molar-refractivity contribution >= 4 is 35.0 Å². The number of likely N-dealkylation sites (tertiary alicyclic amines) is 1. The fraction of sp³-hybridized carbons (Fsp3) is 0.364. The minimum Gasteiger partial charge on any atom is -0.403 e. The van der Waals surface area contributed by atoms with Gasteiger partial charge in [-0.05, 0) is 44.4 Å². The standard InChI is InChI=1S/C22H25ClFN5OS/c1-14-10-16(31-19-5-3-2-4-18(19)29(26)9-8-25)13-28(14)21(30)22(6-7-22)20-17(24)11-15(23)12-27-20/h2-5,8-9,11-12,14,16H,6-7,10,13,25-26H2,1H3/b9-8-. The van der Waals surface area contributed by atoms with Gasteiger partial charge in [0.25, 0.3) is 0 Å². The van der Waals surface area contributed by atoms with Crippen molar-refractivity contribution in [2.45, 2.75) is 47.8 Å². The first-order valence-corrected chi connectivity index (χ1v) is 11.4. The molecule has 1 saturated heterocycles. The molecule has 1 aliphatic heterocycles. The van der Waals surface area contributed by atoms with E-state index in [2.05, 4.69) is 4.98 Å². The Morgan fingerprint density at radius 2 is 2.16 bits per heavy atom. The Balaban J connectivity index is 1.51. The number of anilines is 1. The van der Waals surface area contributed by atoms with Gasteiger partial charge in [-0.25, -0.2) is 10.2 Å². The molecule has 4 rings (SSSR count). The first-order chi connectivity index (χ1) is 14.9. The second-order valence-corrected chi connectivity index (χ2v) is 9.84. The second-order valence-electron chi connectivity index (χ2n) is 8.06. The van der Waals surface area contributed by atoms with Crippen molar-refractivity contribution in [1.82, 2.24) is 9.88 Å². The summed E-state index contributed by atoms with van der Waals surface area (Å²) in [5, 5.41) is 1.92. The molecule has 6 nitrogen and oxygen atoms in total. The number of halogens is 2. The number of pyridine rings is 1. The zero-order valence-corrected chi connectivity index (χ0v) is 18.7. The quantitative estimate of drug-likeness (QED) is 0.502. The van der Waals surface area contributed by atoms with Gasteiger partial charge in [-0.3, -0.25) is 14.8 Å². The first kappa shape index (κ1) is 21.9. The van der Waals surface area contributed by atoms with Crippen LogP contribution in [0.4, 0.5) is 10.1 Å². The highest BCUT2D eigenvalue weighted by Crippen LogP contribution is 2.51. The first-order valence-electron chi connectivity index (χ1n) is 10.2. The molecule has 1 aromatic carbocycles. The fourth-order valence-corrected chi connectivity index (χ4v) is 5.76. The second kappa shape index (κ2) is 8.68. The van der Waals surface area contributed by atoms with E-state index >= 15 is 0 Å². The van der Waals surface area contributed by atoms with Crippen molar-refractivity contribution in [3.8, 4) is 0 Å². The van der Waals surface area contributed by atoms with Crippen LogP contribution in [-0.4, -0.2) is 33.6 Å². The predicted octanol–water partition coefficient (Wildman–Crippen LogP) is 3.80. The van der Waals surface area contributed by atoms with Crippen molar-refractivity contribution in [3.63, 3.8) is 0 Å². The van der Waals surface area contributed by atoms with Crippen LogP contribution in [0.1, 0.15) is 31.9 Å². The molecule has 2 atom stereocenters. The number of amides is 1. The number of nitrogens with two attached hydrogens (primary N) is 2. The number of hydrazine groups is 1. The van der Waals surface area contributed by atoms with Gasteiger partial charge in [0.15, 0.2) is 0 Å². The maximum atomic E-state index is 14.5. The Labute approximate surface area is 190 Å². The van der Waals surface area contributed by atoms with Gasteiger partial charge >= 0.3 is 0 Å². The number of hydrogen-bond acceptors (Lipinski definition) is 6. The number of carbonyl (C=O) groups excluding carboxylic acids is 1. The van der Waals surface area contributed by atoms with E-state index in [1.807, 2.05) is 36.1 Å². The van der Waals surface area contributed by atoms with Crippen LogP contribution in [0.5, 0.6) is 0 Å². The van der Waals surface area contributed by atoms with Crippen LogP contribution in [0.15, 0.2) is 53.8 Å². The molecule has 1 aromatic heterocycles. The summed E-state index contributed by atoms with van der Waals surface area (Å²) >= 11 is 7.54. The van der Waals surface area contributed by atoms with Gasteiger partial charge in [0.2, 0.25) is 5.91 Å². The average molecular weight is 462 g/mol. The van der Waals surface area contributed by atoms with Crippen molar-refractivity contribution in [2.75, 3.05) is 11.6 Å². The number of carbonyl (C=O) groups is 1. The van der Waals surface area contributed by atoms with Crippen molar-refractivity contribution in [1.29, 1.82) is 0 Å². The number of benzene rings is 1. The Hall–Kier alpha value is -2.29. The highest BCUT2D eigenvalue weighted by atomic mass is 35.5. The summed E-state index contributed by atoms with van der Waals surface area (Å²) in [6.45, 7) is 2.63. The summed E-state index contributed by atoms with van der Waals surface area (Å²) in [7, 11) is 0. The summed E-state index contributed by atoms with van der Waals surface area (Å²) < 4.78 is 14.5. The van der Waals surface area contributed by atoms with Gasteiger partial charge in [-0.2, -0.15) is 0 Å². The van der Waals surface area contributed by atoms with E-state index in [4.69, 9.17) is 23.2 Å². The number of hydrogen-bond donors (Lipinski definition) is 2. The van der Waals surface area contributed by atoms with Gasteiger partial charge in [-0.1, -0.05) is 23.7 Å². The van der Waals surface area contributed by atoms with Crippen molar-refractivity contribution in [3.05, 3.63) is 65.5 Å². The lowest BCUT2D eigenvalue weighted by Crippen LogP contribution is -2.42. The van der Waals surface area contributed by atoms with Crippen LogP contribution < -0.4 is 16.6 Å². The molecule has 2 aromatic rings. The van der Waals surface area contributed by atoms with Crippen LogP contribution >= 0.6 is 23.4 Å². The zero-order chi connectivity index (χ0) is 22.2. The molecular formula is C22H25ClFN5OS. The summed E-state index contributed by atoms with van der Waals surface area (Å²) in [6.07, 6.45) is 6.44. The molecule has 0 radical (unpaired) electrons. The number of thioether (sulfide) groups is 1. The molecule has 0 spiro atoms. The van der Waals surface area contributed by atoms with E-state index in [-0.39, 0.29) is 27.9 Å². The lowest BCUT2D eigenvalue weighted by atomic mass is 9.98. The number of rotatable bonds is 6. The molecule has 1 amide bonds. The summed E-state index contributed by atoms with van der Waals surface area (Å²) in [4.78, 5) is 20.5. The molecule has 4 N–H and O–H groups in total. The topological polar surface area (TPSA) is 88.5 Å². The largest absolute Gasteiger partial charge is 0.403 e. The lowest BCUT2D eigenvalue weighted by molar-refractivity contribution is -0.134. The van der Waals surface area contributed by atoms with Crippen LogP contribution in [-0.2, 0) is 10.2 Å². The molecule has 0 bridgehead atoms. The Kier molecular flexibility index (Phi) is 6.14. The van der Waals surface area contributed by atoms with Gasteiger partial charge < -0.3 is 10.6 Å². The predicted molar refractivity (Wildman–Crippen MR) is 122 cm³/mol. The van der Waals surface area contributed by atoms with Gasteiger partial charge in [0.1, 0.15) is 5.82 Å². The molecule has 2 fully saturated rings.